The molecule has 1 aliphatic heterocycles. The van der Waals surface area contributed by atoms with Crippen LogP contribution in [0.3, 0.4) is 0 Å². The van der Waals surface area contributed by atoms with Crippen LogP contribution in [0.1, 0.15) is 26.7 Å². The van der Waals surface area contributed by atoms with E-state index in [9.17, 15) is 8.42 Å². The molecule has 6 nitrogen and oxygen atoms in total. The van der Waals surface area contributed by atoms with Gasteiger partial charge in [-0.3, -0.25) is 0 Å². The van der Waals surface area contributed by atoms with Crippen molar-refractivity contribution in [3.63, 3.8) is 0 Å². The Morgan fingerprint density at radius 1 is 1.38 bits per heavy atom. The molecule has 2 heterocycles. The van der Waals surface area contributed by atoms with E-state index in [2.05, 4.69) is 21.5 Å². The van der Waals surface area contributed by atoms with Crippen molar-refractivity contribution in [1.82, 2.24) is 9.27 Å². The normalized spacial score (nSPS) is 18.0. The van der Waals surface area contributed by atoms with E-state index in [-0.39, 0.29) is 16.5 Å². The zero-order valence-corrected chi connectivity index (χ0v) is 14.3. The molecule has 0 bridgehead atoms. The lowest BCUT2D eigenvalue weighted by Crippen LogP contribution is -2.35. The summed E-state index contributed by atoms with van der Waals surface area (Å²) in [4.78, 5) is 2.62. The zero-order valence-electron chi connectivity index (χ0n) is 12.6. The smallest absolute Gasteiger partial charge is 0.184 e. The molecule has 1 aliphatic rings. The van der Waals surface area contributed by atoms with E-state index < -0.39 is 9.84 Å². The topological polar surface area (TPSA) is 88.3 Å². The van der Waals surface area contributed by atoms with Gasteiger partial charge in [-0.15, -0.1) is 0 Å². The van der Waals surface area contributed by atoms with E-state index in [1.165, 1.54) is 0 Å². The number of aromatic nitrogens is 1. The molecule has 0 radical (unpaired) electrons. The molecule has 2 rings (SSSR count). The largest absolute Gasteiger partial charge is 0.382 e. The lowest BCUT2D eigenvalue weighted by Gasteiger charge is -2.31. The SMILES string of the molecule is CCN1CCC(CNc2snc(N)c2S(=O)(=O)CC)CC1. The van der Waals surface area contributed by atoms with Crippen molar-refractivity contribution < 1.29 is 8.42 Å². The molecule has 120 valence electrons. The Morgan fingerprint density at radius 3 is 2.62 bits per heavy atom. The first-order valence-electron chi connectivity index (χ1n) is 7.42. The maximum atomic E-state index is 12.1. The van der Waals surface area contributed by atoms with Crippen LogP contribution in [0.2, 0.25) is 0 Å². The van der Waals surface area contributed by atoms with E-state index in [1.807, 2.05) is 0 Å². The summed E-state index contributed by atoms with van der Waals surface area (Å²) < 4.78 is 28.1. The van der Waals surface area contributed by atoms with Crippen LogP contribution >= 0.6 is 11.5 Å². The van der Waals surface area contributed by atoms with Crippen LogP contribution < -0.4 is 11.1 Å². The van der Waals surface area contributed by atoms with Crippen molar-refractivity contribution in [2.24, 2.45) is 5.92 Å². The zero-order chi connectivity index (χ0) is 15.5. The van der Waals surface area contributed by atoms with Gasteiger partial charge >= 0.3 is 0 Å². The minimum absolute atomic E-state index is 0.0409. The van der Waals surface area contributed by atoms with Crippen molar-refractivity contribution in [1.29, 1.82) is 0 Å². The van der Waals surface area contributed by atoms with Gasteiger partial charge in [0.05, 0.1) is 5.75 Å². The Morgan fingerprint density at radius 2 is 2.05 bits per heavy atom. The van der Waals surface area contributed by atoms with Crippen molar-refractivity contribution in [2.75, 3.05) is 43.0 Å². The van der Waals surface area contributed by atoms with Crippen LogP contribution in [0.25, 0.3) is 0 Å². The fourth-order valence-corrected chi connectivity index (χ4v) is 4.77. The van der Waals surface area contributed by atoms with Gasteiger partial charge < -0.3 is 16.0 Å². The first-order valence-corrected chi connectivity index (χ1v) is 9.84. The summed E-state index contributed by atoms with van der Waals surface area (Å²) in [5, 5.41) is 3.85. The average molecular weight is 332 g/mol. The third kappa shape index (κ3) is 3.87. The number of nitrogens with two attached hydrogens (primary N) is 1. The van der Waals surface area contributed by atoms with Gasteiger partial charge in [-0.05, 0) is 49.9 Å². The van der Waals surface area contributed by atoms with Gasteiger partial charge in [0.2, 0.25) is 0 Å². The first-order chi connectivity index (χ1) is 9.97. The van der Waals surface area contributed by atoms with Crippen molar-refractivity contribution in [3.05, 3.63) is 0 Å². The molecule has 0 saturated carbocycles. The average Bonchev–Trinajstić information content (AvgIpc) is 2.87. The Kier molecular flexibility index (Phi) is 5.45. The molecule has 0 aromatic carbocycles. The summed E-state index contributed by atoms with van der Waals surface area (Å²) in [6.45, 7) is 7.93. The Labute approximate surface area is 130 Å². The molecule has 0 amide bonds. The van der Waals surface area contributed by atoms with Gasteiger partial charge in [0.15, 0.2) is 15.7 Å². The highest BCUT2D eigenvalue weighted by Crippen LogP contribution is 2.32. The van der Waals surface area contributed by atoms with E-state index in [0.717, 1.165) is 50.6 Å². The van der Waals surface area contributed by atoms with E-state index in [1.54, 1.807) is 6.92 Å². The van der Waals surface area contributed by atoms with Crippen molar-refractivity contribution in [2.45, 2.75) is 31.6 Å². The quantitative estimate of drug-likeness (QED) is 0.824. The standard InChI is InChI=1S/C13H24N4O2S2/c1-3-17-7-5-10(6-8-17)9-15-13-11(12(14)16-20-13)21(18,19)4-2/h10,15H,3-9H2,1-2H3,(H2,14,16). The van der Waals surface area contributed by atoms with Crippen LogP contribution in [-0.2, 0) is 9.84 Å². The van der Waals surface area contributed by atoms with Gasteiger partial charge in [0, 0.05) is 6.54 Å². The monoisotopic (exact) mass is 332 g/mol. The molecule has 0 spiro atoms. The Bertz CT molecular complexity index is 563. The molecule has 1 aromatic rings. The highest BCUT2D eigenvalue weighted by atomic mass is 32.2. The number of piperidine rings is 1. The van der Waals surface area contributed by atoms with Gasteiger partial charge in [-0.1, -0.05) is 13.8 Å². The van der Waals surface area contributed by atoms with Gasteiger partial charge in [0.1, 0.15) is 9.90 Å². The lowest BCUT2D eigenvalue weighted by atomic mass is 9.97. The predicted octanol–water partition coefficient (Wildman–Crippen LogP) is 1.66. The number of sulfone groups is 1. The van der Waals surface area contributed by atoms with Crippen LogP contribution in [0, 0.1) is 5.92 Å². The summed E-state index contributed by atoms with van der Waals surface area (Å²) >= 11 is 1.14. The van der Waals surface area contributed by atoms with Gasteiger partial charge in [-0.25, -0.2) is 8.42 Å². The summed E-state index contributed by atoms with van der Waals surface area (Å²) in [5.74, 6) is 0.734. The van der Waals surface area contributed by atoms with Crippen LogP contribution in [0.5, 0.6) is 0 Å². The molecule has 3 N–H and O–H groups in total. The minimum atomic E-state index is -3.33. The molecule has 21 heavy (non-hydrogen) atoms. The maximum Gasteiger partial charge on any atom is 0.184 e. The van der Waals surface area contributed by atoms with Crippen LogP contribution in [0.15, 0.2) is 4.90 Å². The Balaban J connectivity index is 1.99. The molecule has 0 atom stereocenters. The molecule has 0 unspecified atom stereocenters. The summed E-state index contributed by atoms with van der Waals surface area (Å²) in [5.41, 5.74) is 5.72. The van der Waals surface area contributed by atoms with Gasteiger partial charge in [0.25, 0.3) is 0 Å². The highest BCUT2D eigenvalue weighted by Gasteiger charge is 2.25. The van der Waals surface area contributed by atoms with Crippen LogP contribution in [0.4, 0.5) is 10.8 Å². The van der Waals surface area contributed by atoms with Gasteiger partial charge in [-0.2, -0.15) is 4.37 Å². The predicted molar refractivity (Wildman–Crippen MR) is 87.6 cm³/mol. The van der Waals surface area contributed by atoms with E-state index in [4.69, 9.17) is 5.73 Å². The van der Waals surface area contributed by atoms with Crippen molar-refractivity contribution >= 4 is 32.2 Å². The third-order valence-electron chi connectivity index (χ3n) is 4.07. The fraction of sp³-hybridized carbons (Fsp3) is 0.769. The lowest BCUT2D eigenvalue weighted by molar-refractivity contribution is 0.198. The summed E-state index contributed by atoms with van der Waals surface area (Å²) in [7, 11) is -3.33. The molecule has 1 saturated heterocycles. The number of nitrogens with one attached hydrogen (secondary N) is 1. The summed E-state index contributed by atoms with van der Waals surface area (Å²) in [6, 6.07) is 0. The number of hydrogen-bond acceptors (Lipinski definition) is 7. The number of hydrogen-bond donors (Lipinski definition) is 2. The number of rotatable bonds is 6. The minimum Gasteiger partial charge on any atom is -0.382 e. The second-order valence-corrected chi connectivity index (χ2v) is 8.38. The first kappa shape index (κ1) is 16.5. The number of nitrogen functional groups attached to an aromatic ring is 1. The molecule has 1 fully saturated rings. The van der Waals surface area contributed by atoms with Crippen LogP contribution in [-0.4, -0.2) is 49.6 Å². The number of likely N-dealkylation sites (tertiary alicyclic amines) is 1. The molecular formula is C13H24N4O2S2. The van der Waals surface area contributed by atoms with Crippen molar-refractivity contribution in [3.8, 4) is 0 Å². The maximum absolute atomic E-state index is 12.1. The summed E-state index contributed by atoms with van der Waals surface area (Å²) in [6.07, 6.45) is 2.29. The molecular weight excluding hydrogens is 308 g/mol. The molecule has 0 aliphatic carbocycles. The fourth-order valence-electron chi connectivity index (χ4n) is 2.60. The number of nitrogens with zero attached hydrogens (tertiary/aromatic N) is 2. The number of anilines is 2. The second kappa shape index (κ2) is 6.93. The highest BCUT2D eigenvalue weighted by molar-refractivity contribution is 7.91. The second-order valence-electron chi connectivity index (χ2n) is 5.39. The Hall–Kier alpha value is -0.860. The third-order valence-corrected chi connectivity index (χ3v) is 6.81. The molecule has 1 aromatic heterocycles. The van der Waals surface area contributed by atoms with E-state index >= 15 is 0 Å². The molecule has 8 heteroatoms. The van der Waals surface area contributed by atoms with E-state index in [0.29, 0.717) is 10.9 Å².